The van der Waals surface area contributed by atoms with E-state index in [4.69, 9.17) is 28.9 Å². The molecule has 1 heterocycles. The molecular weight excluding hydrogens is 327 g/mol. The molecule has 0 unspecified atom stereocenters. The van der Waals surface area contributed by atoms with Crippen LogP contribution in [0.1, 0.15) is 0 Å². The van der Waals surface area contributed by atoms with Crippen LogP contribution in [-0.4, -0.2) is 9.97 Å². The lowest BCUT2D eigenvalue weighted by Gasteiger charge is -2.10. The van der Waals surface area contributed by atoms with Gasteiger partial charge in [-0.25, -0.2) is 9.97 Å². The number of rotatable bonds is 2. The van der Waals surface area contributed by atoms with Crippen molar-refractivity contribution in [2.45, 2.75) is 0 Å². The van der Waals surface area contributed by atoms with Crippen molar-refractivity contribution in [3.05, 3.63) is 39.2 Å². The monoisotopic (exact) mass is 332 g/mol. The first kappa shape index (κ1) is 12.4. The molecule has 1 aromatic carbocycles. The number of nitrogens with one attached hydrogen (secondary N) is 1. The van der Waals surface area contributed by atoms with Crippen LogP contribution in [0.3, 0.4) is 0 Å². The maximum Gasteiger partial charge on any atom is 0.158 e. The summed E-state index contributed by atoms with van der Waals surface area (Å²) in [5.74, 6) is 0.425. The molecule has 0 saturated heterocycles. The molecule has 0 atom stereocenters. The van der Waals surface area contributed by atoms with Gasteiger partial charge >= 0.3 is 0 Å². The molecule has 17 heavy (non-hydrogen) atoms. The van der Waals surface area contributed by atoms with Gasteiger partial charge in [-0.1, -0.05) is 39.1 Å². The maximum absolute atomic E-state index is 6.06. The molecule has 3 N–H and O–H groups in total. The van der Waals surface area contributed by atoms with Gasteiger partial charge in [0.05, 0.1) is 10.7 Å². The van der Waals surface area contributed by atoms with Crippen molar-refractivity contribution in [3.63, 3.8) is 0 Å². The molecule has 88 valence electrons. The predicted molar refractivity (Wildman–Crippen MR) is 73.9 cm³/mol. The number of anilines is 3. The van der Waals surface area contributed by atoms with Crippen molar-refractivity contribution in [2.75, 3.05) is 11.1 Å². The van der Waals surface area contributed by atoms with E-state index in [1.165, 1.54) is 6.33 Å². The van der Waals surface area contributed by atoms with Crippen molar-refractivity contribution in [1.82, 2.24) is 9.97 Å². The number of hydrogen-bond acceptors (Lipinski definition) is 4. The van der Waals surface area contributed by atoms with Crippen molar-refractivity contribution in [3.8, 4) is 0 Å². The average molecular weight is 334 g/mol. The summed E-state index contributed by atoms with van der Waals surface area (Å²) in [6.07, 6.45) is 1.33. The van der Waals surface area contributed by atoms with Gasteiger partial charge in [0.1, 0.15) is 12.0 Å². The first-order valence-electron chi connectivity index (χ1n) is 4.56. The highest BCUT2D eigenvalue weighted by Crippen LogP contribution is 2.31. The highest BCUT2D eigenvalue weighted by Gasteiger charge is 2.08. The van der Waals surface area contributed by atoms with E-state index >= 15 is 0 Å². The quantitative estimate of drug-likeness (QED) is 0.819. The third kappa shape index (κ3) is 2.80. The first-order chi connectivity index (χ1) is 8.08. The minimum atomic E-state index is 0.204. The molecule has 0 aliphatic rings. The Labute approximate surface area is 116 Å². The Hall–Kier alpha value is -1.04. The number of halogens is 3. The Morgan fingerprint density at radius 1 is 1.24 bits per heavy atom. The standard InChI is InChI=1S/C10H7BrCl2N4/c11-5-1-2-7(6(12)3-5)17-10-8(14)9(13)15-4-16-10/h1-4H,14H2,(H,15,16,17). The lowest BCUT2D eigenvalue weighted by molar-refractivity contribution is 1.17. The fourth-order valence-corrected chi connectivity index (χ4v) is 2.05. The van der Waals surface area contributed by atoms with Crippen LogP contribution in [-0.2, 0) is 0 Å². The van der Waals surface area contributed by atoms with Crippen LogP contribution >= 0.6 is 39.1 Å². The third-order valence-electron chi connectivity index (χ3n) is 2.02. The molecule has 0 spiro atoms. The molecule has 0 aliphatic heterocycles. The maximum atomic E-state index is 6.06. The SMILES string of the molecule is Nc1c(Cl)ncnc1Nc1ccc(Br)cc1Cl. The molecule has 4 nitrogen and oxygen atoms in total. The summed E-state index contributed by atoms with van der Waals surface area (Å²) < 4.78 is 0.891. The van der Waals surface area contributed by atoms with Crippen LogP contribution in [0.5, 0.6) is 0 Å². The zero-order valence-corrected chi connectivity index (χ0v) is 11.5. The van der Waals surface area contributed by atoms with E-state index < -0.39 is 0 Å². The highest BCUT2D eigenvalue weighted by atomic mass is 79.9. The highest BCUT2D eigenvalue weighted by molar-refractivity contribution is 9.10. The molecule has 2 rings (SSSR count). The van der Waals surface area contributed by atoms with E-state index in [9.17, 15) is 0 Å². The Morgan fingerprint density at radius 3 is 2.71 bits per heavy atom. The molecule has 0 aliphatic carbocycles. The van der Waals surface area contributed by atoms with Crippen LogP contribution in [0.15, 0.2) is 29.0 Å². The molecule has 0 amide bonds. The second-order valence-corrected chi connectivity index (χ2v) is 4.86. The zero-order valence-electron chi connectivity index (χ0n) is 8.42. The van der Waals surface area contributed by atoms with Gasteiger partial charge in [0.25, 0.3) is 0 Å². The Kier molecular flexibility index (Phi) is 3.71. The third-order valence-corrected chi connectivity index (χ3v) is 3.13. The second-order valence-electron chi connectivity index (χ2n) is 3.18. The number of nitrogens with two attached hydrogens (primary N) is 1. The summed E-state index contributed by atoms with van der Waals surface area (Å²) in [7, 11) is 0. The lowest BCUT2D eigenvalue weighted by atomic mass is 10.3. The fraction of sp³-hybridized carbons (Fsp3) is 0. The van der Waals surface area contributed by atoms with Crippen LogP contribution in [0.25, 0.3) is 0 Å². The summed E-state index contributed by atoms with van der Waals surface area (Å²) >= 11 is 15.2. The van der Waals surface area contributed by atoms with Crippen molar-refractivity contribution in [2.24, 2.45) is 0 Å². The normalized spacial score (nSPS) is 10.3. The Bertz CT molecular complexity index is 562. The van der Waals surface area contributed by atoms with Crippen molar-refractivity contribution < 1.29 is 0 Å². The predicted octanol–water partition coefficient (Wildman–Crippen LogP) is 3.87. The van der Waals surface area contributed by atoms with E-state index in [1.54, 1.807) is 6.07 Å². The van der Waals surface area contributed by atoms with Crippen LogP contribution in [0.4, 0.5) is 17.2 Å². The molecular formula is C10H7BrCl2N4. The number of nitrogen functional groups attached to an aromatic ring is 1. The zero-order chi connectivity index (χ0) is 12.4. The van der Waals surface area contributed by atoms with Crippen molar-refractivity contribution >= 4 is 56.3 Å². The van der Waals surface area contributed by atoms with Gasteiger partial charge in [-0.05, 0) is 18.2 Å². The lowest BCUT2D eigenvalue weighted by Crippen LogP contribution is -2.01. The molecule has 2 aromatic rings. The number of hydrogen-bond donors (Lipinski definition) is 2. The first-order valence-corrected chi connectivity index (χ1v) is 6.11. The molecule has 0 fully saturated rings. The van der Waals surface area contributed by atoms with Gasteiger partial charge in [0.15, 0.2) is 11.0 Å². The van der Waals surface area contributed by atoms with Gasteiger partial charge in [0.2, 0.25) is 0 Å². The topological polar surface area (TPSA) is 63.8 Å². The molecule has 0 saturated carbocycles. The largest absolute Gasteiger partial charge is 0.393 e. The van der Waals surface area contributed by atoms with Gasteiger partial charge in [-0.15, -0.1) is 0 Å². The van der Waals surface area contributed by atoms with Crippen molar-refractivity contribution in [1.29, 1.82) is 0 Å². The summed E-state index contributed by atoms with van der Waals surface area (Å²) in [5, 5.41) is 3.75. The Morgan fingerprint density at radius 2 is 2.00 bits per heavy atom. The molecule has 0 radical (unpaired) electrons. The number of nitrogens with zero attached hydrogens (tertiary/aromatic N) is 2. The van der Waals surface area contributed by atoms with Crippen LogP contribution in [0, 0.1) is 0 Å². The van der Waals surface area contributed by atoms with E-state index in [0.29, 0.717) is 16.5 Å². The van der Waals surface area contributed by atoms with E-state index in [0.717, 1.165) is 4.47 Å². The second kappa shape index (κ2) is 5.08. The number of aromatic nitrogens is 2. The molecule has 7 heteroatoms. The van der Waals surface area contributed by atoms with Crippen LogP contribution < -0.4 is 11.1 Å². The summed E-state index contributed by atoms with van der Waals surface area (Å²) in [6.45, 7) is 0. The van der Waals surface area contributed by atoms with E-state index in [1.807, 2.05) is 12.1 Å². The summed E-state index contributed by atoms with van der Waals surface area (Å²) in [5.41, 5.74) is 6.71. The fourth-order valence-electron chi connectivity index (χ4n) is 1.19. The molecule has 0 bridgehead atoms. The Balaban J connectivity index is 2.35. The minimum absolute atomic E-state index is 0.204. The summed E-state index contributed by atoms with van der Waals surface area (Å²) in [6, 6.07) is 5.43. The summed E-state index contributed by atoms with van der Waals surface area (Å²) in [4.78, 5) is 7.76. The molecule has 1 aromatic heterocycles. The van der Waals surface area contributed by atoms with Gasteiger partial charge < -0.3 is 11.1 Å². The van der Waals surface area contributed by atoms with Crippen LogP contribution in [0.2, 0.25) is 10.2 Å². The average Bonchev–Trinajstić information content (AvgIpc) is 2.28. The van der Waals surface area contributed by atoms with Gasteiger partial charge in [-0.2, -0.15) is 0 Å². The van der Waals surface area contributed by atoms with Gasteiger partial charge in [0, 0.05) is 4.47 Å². The van der Waals surface area contributed by atoms with E-state index in [2.05, 4.69) is 31.2 Å². The van der Waals surface area contributed by atoms with Gasteiger partial charge in [-0.3, -0.25) is 0 Å². The number of benzene rings is 1. The van der Waals surface area contributed by atoms with E-state index in [-0.39, 0.29) is 10.8 Å². The minimum Gasteiger partial charge on any atom is -0.393 e. The smallest absolute Gasteiger partial charge is 0.158 e.